The second kappa shape index (κ2) is 6.93. The van der Waals surface area contributed by atoms with Gasteiger partial charge in [-0.05, 0) is 67.8 Å². The Morgan fingerprint density at radius 2 is 1.77 bits per heavy atom. The summed E-state index contributed by atoms with van der Waals surface area (Å²) in [7, 11) is 1.66. The SMILES string of the molecule is COc1ccc([C@]2(O)CN(c3ccc(Cl)cc3)C3=[N+]2CCCCC3)cc1. The minimum absolute atomic E-state index is 0.510. The van der Waals surface area contributed by atoms with Crippen molar-refractivity contribution < 1.29 is 14.4 Å². The van der Waals surface area contributed by atoms with Crippen LogP contribution in [0.2, 0.25) is 5.02 Å². The summed E-state index contributed by atoms with van der Waals surface area (Å²) in [6.45, 7) is 1.37. The number of hydrogen-bond donors (Lipinski definition) is 1. The Labute approximate surface area is 159 Å². The van der Waals surface area contributed by atoms with E-state index in [4.69, 9.17) is 16.3 Å². The van der Waals surface area contributed by atoms with Crippen molar-refractivity contribution in [2.24, 2.45) is 0 Å². The van der Waals surface area contributed by atoms with Gasteiger partial charge in [-0.25, -0.2) is 9.48 Å². The van der Waals surface area contributed by atoms with E-state index in [2.05, 4.69) is 9.48 Å². The van der Waals surface area contributed by atoms with Crippen molar-refractivity contribution in [3.63, 3.8) is 0 Å². The van der Waals surface area contributed by atoms with Gasteiger partial charge in [0, 0.05) is 17.0 Å². The summed E-state index contributed by atoms with van der Waals surface area (Å²) in [5.41, 5.74) is 0.931. The fourth-order valence-electron chi connectivity index (χ4n) is 4.04. The van der Waals surface area contributed by atoms with Gasteiger partial charge in [0.15, 0.2) is 6.54 Å². The van der Waals surface area contributed by atoms with Gasteiger partial charge in [-0.15, -0.1) is 0 Å². The molecule has 1 atom stereocenters. The summed E-state index contributed by atoms with van der Waals surface area (Å²) < 4.78 is 7.46. The number of β-amino-alcohol motifs (C(OH)–C–C–N with tert-alkyl or cyclic N) is 1. The summed E-state index contributed by atoms with van der Waals surface area (Å²) >= 11 is 6.07. The average molecular weight is 372 g/mol. The molecule has 2 aromatic carbocycles. The summed E-state index contributed by atoms with van der Waals surface area (Å²) in [5.74, 6) is 1.99. The van der Waals surface area contributed by atoms with Crippen molar-refractivity contribution >= 4 is 23.1 Å². The van der Waals surface area contributed by atoms with E-state index < -0.39 is 5.72 Å². The zero-order valence-electron chi connectivity index (χ0n) is 15.0. The molecular formula is C21H24ClN2O2+. The Morgan fingerprint density at radius 1 is 1.04 bits per heavy atom. The highest BCUT2D eigenvalue weighted by molar-refractivity contribution is 6.30. The predicted molar refractivity (Wildman–Crippen MR) is 104 cm³/mol. The van der Waals surface area contributed by atoms with E-state index >= 15 is 0 Å². The normalized spacial score (nSPS) is 23.0. The quantitative estimate of drug-likeness (QED) is 0.828. The molecule has 0 amide bonds. The predicted octanol–water partition coefficient (Wildman–Crippen LogP) is 4.00. The molecule has 1 N–H and O–H groups in total. The third-order valence-electron chi connectivity index (χ3n) is 5.42. The molecule has 2 heterocycles. The molecule has 0 spiro atoms. The van der Waals surface area contributed by atoms with Crippen LogP contribution in [0.3, 0.4) is 0 Å². The maximum atomic E-state index is 11.7. The Hall–Kier alpha value is -2.04. The fourth-order valence-corrected chi connectivity index (χ4v) is 4.16. The van der Waals surface area contributed by atoms with E-state index in [-0.39, 0.29) is 0 Å². The molecule has 2 aliphatic rings. The van der Waals surface area contributed by atoms with Crippen molar-refractivity contribution in [2.45, 2.75) is 31.4 Å². The zero-order chi connectivity index (χ0) is 18.1. The lowest BCUT2D eigenvalue weighted by Crippen LogP contribution is -2.41. The minimum atomic E-state index is -1.04. The minimum Gasteiger partial charge on any atom is -0.497 e. The van der Waals surface area contributed by atoms with Gasteiger partial charge >= 0.3 is 0 Å². The van der Waals surface area contributed by atoms with Gasteiger partial charge in [0.1, 0.15) is 11.4 Å². The standard InChI is InChI=1S/C21H24ClN2O2/c1-26-19-12-6-16(7-13-19)21(25)15-23(18-10-8-17(22)9-11-18)20-5-3-2-4-14-24(20)21/h6-13,25H,2-5,14-15H2,1H3/q+1/t21-/m1/s1. The molecule has 2 aliphatic heterocycles. The van der Waals surface area contributed by atoms with Crippen molar-refractivity contribution in [1.29, 1.82) is 0 Å². The molecule has 0 radical (unpaired) electrons. The maximum Gasteiger partial charge on any atom is 0.271 e. The van der Waals surface area contributed by atoms with Gasteiger partial charge in [-0.2, -0.15) is 0 Å². The molecule has 0 saturated heterocycles. The van der Waals surface area contributed by atoms with Crippen LogP contribution in [0.15, 0.2) is 48.5 Å². The summed E-state index contributed by atoms with van der Waals surface area (Å²) in [6, 6.07) is 15.6. The first-order chi connectivity index (χ1) is 12.6. The van der Waals surface area contributed by atoms with E-state index in [0.717, 1.165) is 47.8 Å². The molecular weight excluding hydrogens is 348 g/mol. The second-order valence-electron chi connectivity index (χ2n) is 6.99. The molecule has 0 saturated carbocycles. The Bertz CT molecular complexity index is 817. The van der Waals surface area contributed by atoms with Crippen LogP contribution in [0.1, 0.15) is 31.2 Å². The number of halogens is 1. The number of ether oxygens (including phenoxy) is 1. The molecule has 136 valence electrons. The summed E-state index contributed by atoms with van der Waals surface area (Å²) in [5, 5.41) is 12.5. The first kappa shape index (κ1) is 17.4. The number of benzene rings is 2. The first-order valence-electron chi connectivity index (χ1n) is 9.15. The lowest BCUT2D eigenvalue weighted by Gasteiger charge is -2.23. The average Bonchev–Trinajstić information content (AvgIpc) is 2.82. The number of hydrogen-bond acceptors (Lipinski definition) is 3. The lowest BCUT2D eigenvalue weighted by molar-refractivity contribution is -0.658. The third kappa shape index (κ3) is 2.97. The highest BCUT2D eigenvalue weighted by Gasteiger charge is 2.51. The van der Waals surface area contributed by atoms with E-state index in [9.17, 15) is 5.11 Å². The summed E-state index contributed by atoms with van der Waals surface area (Å²) in [4.78, 5) is 2.24. The van der Waals surface area contributed by atoms with Crippen LogP contribution in [0.5, 0.6) is 5.75 Å². The molecule has 26 heavy (non-hydrogen) atoms. The van der Waals surface area contributed by atoms with Gasteiger partial charge in [0.2, 0.25) is 0 Å². The number of rotatable bonds is 3. The van der Waals surface area contributed by atoms with Crippen LogP contribution in [-0.4, -0.2) is 35.7 Å². The molecule has 4 rings (SSSR count). The van der Waals surface area contributed by atoms with Crippen molar-refractivity contribution in [3.8, 4) is 5.75 Å². The Balaban J connectivity index is 1.77. The van der Waals surface area contributed by atoms with E-state index in [1.165, 1.54) is 12.3 Å². The highest BCUT2D eigenvalue weighted by Crippen LogP contribution is 2.36. The molecule has 4 nitrogen and oxygen atoms in total. The van der Waals surface area contributed by atoms with E-state index in [0.29, 0.717) is 6.54 Å². The third-order valence-corrected chi connectivity index (χ3v) is 5.67. The van der Waals surface area contributed by atoms with Crippen LogP contribution in [-0.2, 0) is 5.72 Å². The highest BCUT2D eigenvalue weighted by atomic mass is 35.5. The number of aliphatic hydroxyl groups is 1. The molecule has 0 aliphatic carbocycles. The zero-order valence-corrected chi connectivity index (χ0v) is 15.7. The molecule has 2 aromatic rings. The monoisotopic (exact) mass is 371 g/mol. The molecule has 5 heteroatoms. The summed E-state index contributed by atoms with van der Waals surface area (Å²) in [6.07, 6.45) is 4.40. The molecule has 0 unspecified atom stereocenters. The van der Waals surface area contributed by atoms with Crippen LogP contribution in [0.4, 0.5) is 5.69 Å². The number of methoxy groups -OCH3 is 1. The van der Waals surface area contributed by atoms with Gasteiger partial charge in [-0.1, -0.05) is 11.6 Å². The Morgan fingerprint density at radius 3 is 2.46 bits per heavy atom. The number of nitrogens with zero attached hydrogens (tertiary/aromatic N) is 2. The van der Waals surface area contributed by atoms with Gasteiger partial charge in [0.05, 0.1) is 13.7 Å². The van der Waals surface area contributed by atoms with Crippen LogP contribution < -0.4 is 9.64 Å². The van der Waals surface area contributed by atoms with E-state index in [1.54, 1.807) is 7.11 Å². The largest absolute Gasteiger partial charge is 0.497 e. The van der Waals surface area contributed by atoms with Crippen molar-refractivity contribution in [1.82, 2.24) is 0 Å². The smallest absolute Gasteiger partial charge is 0.271 e. The van der Waals surface area contributed by atoms with Gasteiger partial charge in [0.25, 0.3) is 11.6 Å². The van der Waals surface area contributed by atoms with E-state index in [1.807, 2.05) is 48.5 Å². The molecule has 0 aromatic heterocycles. The van der Waals surface area contributed by atoms with Crippen LogP contribution in [0.25, 0.3) is 0 Å². The van der Waals surface area contributed by atoms with Crippen LogP contribution in [0, 0.1) is 0 Å². The van der Waals surface area contributed by atoms with Crippen molar-refractivity contribution in [2.75, 3.05) is 25.1 Å². The Kier molecular flexibility index (Phi) is 4.63. The van der Waals surface area contributed by atoms with Crippen molar-refractivity contribution in [3.05, 3.63) is 59.1 Å². The number of anilines is 1. The van der Waals surface area contributed by atoms with Gasteiger partial charge in [-0.3, -0.25) is 0 Å². The first-order valence-corrected chi connectivity index (χ1v) is 9.53. The van der Waals surface area contributed by atoms with Crippen LogP contribution >= 0.6 is 11.6 Å². The maximum absolute atomic E-state index is 11.7. The molecule has 0 fully saturated rings. The van der Waals surface area contributed by atoms with Gasteiger partial charge < -0.3 is 9.84 Å². The second-order valence-corrected chi connectivity index (χ2v) is 7.42. The fraction of sp³-hybridized carbons (Fsp3) is 0.381. The number of amidine groups is 1. The topological polar surface area (TPSA) is 35.7 Å². The lowest BCUT2D eigenvalue weighted by atomic mass is 10.0. The molecule has 0 bridgehead atoms.